The second-order valence-corrected chi connectivity index (χ2v) is 8.48. The molecule has 1 aliphatic rings. The van der Waals surface area contributed by atoms with Crippen LogP contribution in [0.3, 0.4) is 0 Å². The van der Waals surface area contributed by atoms with E-state index >= 15 is 0 Å². The number of hydrogen-bond acceptors (Lipinski definition) is 5. The SMILES string of the molecule is Cc1nn(CC(C)C(=O)N2CCN(Cc3c(Cl)cccc3Cl)CC2)c(C)c1[N+](=O)[O-]. The Labute approximate surface area is 185 Å². The monoisotopic (exact) mass is 453 g/mol. The molecule has 1 unspecified atom stereocenters. The molecule has 0 aliphatic carbocycles. The number of rotatable bonds is 6. The minimum Gasteiger partial charge on any atom is -0.340 e. The van der Waals surface area contributed by atoms with Crippen LogP contribution < -0.4 is 0 Å². The molecule has 0 N–H and O–H groups in total. The molecule has 1 amide bonds. The van der Waals surface area contributed by atoms with Crippen molar-refractivity contribution in [3.05, 3.63) is 55.3 Å². The van der Waals surface area contributed by atoms with Gasteiger partial charge < -0.3 is 4.90 Å². The number of halogens is 2. The zero-order chi connectivity index (χ0) is 22.0. The molecule has 1 fully saturated rings. The van der Waals surface area contributed by atoms with Crippen molar-refractivity contribution in [2.75, 3.05) is 26.2 Å². The third kappa shape index (κ3) is 4.77. The van der Waals surface area contributed by atoms with E-state index in [1.807, 2.05) is 30.0 Å². The Balaban J connectivity index is 1.57. The van der Waals surface area contributed by atoms with Crippen LogP contribution in [0.5, 0.6) is 0 Å². The molecular formula is C20H25Cl2N5O3. The molecule has 30 heavy (non-hydrogen) atoms. The van der Waals surface area contributed by atoms with Crippen molar-refractivity contribution in [1.29, 1.82) is 0 Å². The van der Waals surface area contributed by atoms with Crippen LogP contribution in [0.1, 0.15) is 23.9 Å². The molecule has 3 rings (SSSR count). The number of carbonyl (C=O) groups is 1. The van der Waals surface area contributed by atoms with E-state index < -0.39 is 4.92 Å². The van der Waals surface area contributed by atoms with Gasteiger partial charge in [0.2, 0.25) is 5.91 Å². The van der Waals surface area contributed by atoms with Crippen molar-refractivity contribution in [3.8, 4) is 0 Å². The van der Waals surface area contributed by atoms with E-state index in [0.717, 1.165) is 18.7 Å². The summed E-state index contributed by atoms with van der Waals surface area (Å²) in [4.78, 5) is 27.7. The topological polar surface area (TPSA) is 84.5 Å². The van der Waals surface area contributed by atoms with Crippen LogP contribution in [0.25, 0.3) is 0 Å². The van der Waals surface area contributed by atoms with Gasteiger partial charge in [0.05, 0.1) is 17.4 Å². The van der Waals surface area contributed by atoms with E-state index in [4.69, 9.17) is 23.2 Å². The van der Waals surface area contributed by atoms with Crippen molar-refractivity contribution in [2.24, 2.45) is 5.92 Å². The number of benzene rings is 1. The summed E-state index contributed by atoms with van der Waals surface area (Å²) in [6, 6.07) is 5.48. The van der Waals surface area contributed by atoms with Gasteiger partial charge in [-0.25, -0.2) is 0 Å². The summed E-state index contributed by atoms with van der Waals surface area (Å²) in [6.45, 7) is 8.75. The third-order valence-corrected chi connectivity index (χ3v) is 6.23. The van der Waals surface area contributed by atoms with Gasteiger partial charge >= 0.3 is 5.69 Å². The average Bonchev–Trinajstić information content (AvgIpc) is 2.98. The summed E-state index contributed by atoms with van der Waals surface area (Å²) in [5, 5.41) is 16.7. The lowest BCUT2D eigenvalue weighted by Crippen LogP contribution is -2.50. The molecule has 2 aromatic rings. The first-order chi connectivity index (χ1) is 14.2. The summed E-state index contributed by atoms with van der Waals surface area (Å²) >= 11 is 12.5. The Bertz CT molecular complexity index is 934. The van der Waals surface area contributed by atoms with Crippen LogP contribution in [-0.4, -0.2) is 56.6 Å². The van der Waals surface area contributed by atoms with E-state index in [0.29, 0.717) is 47.6 Å². The maximum Gasteiger partial charge on any atom is 0.312 e. The molecule has 0 spiro atoms. The zero-order valence-corrected chi connectivity index (χ0v) is 18.8. The minimum atomic E-state index is -0.425. The van der Waals surface area contributed by atoms with Crippen LogP contribution in [0, 0.1) is 29.9 Å². The fourth-order valence-electron chi connectivity index (χ4n) is 3.81. The Morgan fingerprint density at radius 3 is 2.33 bits per heavy atom. The Hall–Kier alpha value is -2.16. The van der Waals surface area contributed by atoms with Gasteiger partial charge in [0.15, 0.2) is 0 Å². The van der Waals surface area contributed by atoms with Crippen molar-refractivity contribution >= 4 is 34.8 Å². The summed E-state index contributed by atoms with van der Waals surface area (Å²) in [5.74, 6) is -0.298. The van der Waals surface area contributed by atoms with Gasteiger partial charge in [0.1, 0.15) is 11.4 Å². The highest BCUT2D eigenvalue weighted by Crippen LogP contribution is 2.26. The summed E-state index contributed by atoms with van der Waals surface area (Å²) in [7, 11) is 0. The molecule has 1 aromatic carbocycles. The number of carbonyl (C=O) groups excluding carboxylic acids is 1. The van der Waals surface area contributed by atoms with E-state index in [2.05, 4.69) is 10.00 Å². The van der Waals surface area contributed by atoms with E-state index in [1.165, 1.54) is 0 Å². The van der Waals surface area contributed by atoms with Crippen molar-refractivity contribution in [2.45, 2.75) is 33.9 Å². The highest BCUT2D eigenvalue weighted by Gasteiger charge is 2.28. The van der Waals surface area contributed by atoms with Crippen molar-refractivity contribution in [3.63, 3.8) is 0 Å². The first-order valence-electron chi connectivity index (χ1n) is 9.81. The van der Waals surface area contributed by atoms with Gasteiger partial charge in [0, 0.05) is 48.3 Å². The number of hydrogen-bond donors (Lipinski definition) is 0. The Kier molecular flexibility index (Phi) is 7.00. The lowest BCUT2D eigenvalue weighted by molar-refractivity contribution is -0.386. The summed E-state index contributed by atoms with van der Waals surface area (Å²) in [5.41, 5.74) is 1.75. The second kappa shape index (κ2) is 9.32. The van der Waals surface area contributed by atoms with Crippen LogP contribution in [0.2, 0.25) is 10.0 Å². The van der Waals surface area contributed by atoms with E-state index in [9.17, 15) is 14.9 Å². The van der Waals surface area contributed by atoms with E-state index in [1.54, 1.807) is 18.5 Å². The zero-order valence-electron chi connectivity index (χ0n) is 17.3. The molecule has 1 atom stereocenters. The molecule has 1 aliphatic heterocycles. The number of nitro groups is 1. The van der Waals surface area contributed by atoms with Crippen LogP contribution in [0.4, 0.5) is 5.69 Å². The lowest BCUT2D eigenvalue weighted by atomic mass is 10.1. The number of nitrogens with zero attached hydrogens (tertiary/aromatic N) is 5. The smallest absolute Gasteiger partial charge is 0.312 e. The summed E-state index contributed by atoms with van der Waals surface area (Å²) in [6.07, 6.45) is 0. The quantitative estimate of drug-likeness (QED) is 0.491. The predicted molar refractivity (Wildman–Crippen MR) is 116 cm³/mol. The second-order valence-electron chi connectivity index (χ2n) is 7.66. The fourth-order valence-corrected chi connectivity index (χ4v) is 4.33. The Morgan fingerprint density at radius 1 is 1.20 bits per heavy atom. The molecule has 0 bridgehead atoms. The number of aryl methyl sites for hydroxylation is 1. The Morgan fingerprint density at radius 2 is 1.80 bits per heavy atom. The normalized spacial score (nSPS) is 16.0. The first kappa shape index (κ1) is 22.5. The van der Waals surface area contributed by atoms with Crippen molar-refractivity contribution in [1.82, 2.24) is 19.6 Å². The van der Waals surface area contributed by atoms with Gasteiger partial charge in [0.25, 0.3) is 0 Å². The number of piperazine rings is 1. The number of aromatic nitrogens is 2. The molecule has 10 heteroatoms. The third-order valence-electron chi connectivity index (χ3n) is 5.52. The molecule has 162 valence electrons. The maximum absolute atomic E-state index is 12.9. The highest BCUT2D eigenvalue weighted by molar-refractivity contribution is 6.35. The largest absolute Gasteiger partial charge is 0.340 e. The minimum absolute atomic E-state index is 0.0153. The van der Waals surface area contributed by atoms with Crippen LogP contribution >= 0.6 is 23.2 Å². The number of amides is 1. The maximum atomic E-state index is 12.9. The van der Waals surface area contributed by atoms with Gasteiger partial charge in [-0.15, -0.1) is 0 Å². The standard InChI is InChI=1S/C20H25Cl2N5O3/c1-13(11-26-15(3)19(27(29)30)14(2)23-26)20(28)25-9-7-24(8-10-25)12-16-17(21)5-4-6-18(16)22/h4-6,13H,7-12H2,1-3H3. The van der Waals surface area contributed by atoms with Gasteiger partial charge in [-0.05, 0) is 26.0 Å². The molecule has 0 radical (unpaired) electrons. The lowest BCUT2D eigenvalue weighted by Gasteiger charge is -2.36. The summed E-state index contributed by atoms with van der Waals surface area (Å²) < 4.78 is 1.56. The molecule has 1 aromatic heterocycles. The predicted octanol–water partition coefficient (Wildman–Crippen LogP) is 3.70. The molecule has 1 saturated heterocycles. The molecule has 0 saturated carbocycles. The van der Waals surface area contributed by atoms with E-state index in [-0.39, 0.29) is 17.5 Å². The van der Waals surface area contributed by atoms with Crippen molar-refractivity contribution < 1.29 is 9.72 Å². The van der Waals surface area contributed by atoms with Gasteiger partial charge in [-0.3, -0.25) is 24.5 Å². The molecular weight excluding hydrogens is 429 g/mol. The van der Waals surface area contributed by atoms with Crippen LogP contribution in [-0.2, 0) is 17.9 Å². The molecule has 2 heterocycles. The van der Waals surface area contributed by atoms with Gasteiger partial charge in [-0.1, -0.05) is 36.2 Å². The van der Waals surface area contributed by atoms with Crippen LogP contribution in [0.15, 0.2) is 18.2 Å². The molecule has 8 nitrogen and oxygen atoms in total. The fraction of sp³-hybridized carbons (Fsp3) is 0.500. The first-order valence-corrected chi connectivity index (χ1v) is 10.6. The average molecular weight is 454 g/mol. The highest BCUT2D eigenvalue weighted by atomic mass is 35.5. The van der Waals surface area contributed by atoms with Gasteiger partial charge in [-0.2, -0.15) is 5.10 Å².